The molecule has 35 heavy (non-hydrogen) atoms. The molecule has 4 aromatic rings. The predicted octanol–water partition coefficient (Wildman–Crippen LogP) is 4.65. The quantitative estimate of drug-likeness (QED) is 0.360. The first-order valence-corrected chi connectivity index (χ1v) is 13.7. The summed E-state index contributed by atoms with van der Waals surface area (Å²) in [5.74, 6) is 0.834. The molecule has 3 heterocycles. The summed E-state index contributed by atoms with van der Waals surface area (Å²) in [6.45, 7) is 3.72. The average molecular weight is 531 g/mol. The number of rotatable bonds is 6. The fourth-order valence-corrected chi connectivity index (χ4v) is 6.18. The van der Waals surface area contributed by atoms with Gasteiger partial charge in [-0.15, -0.1) is 0 Å². The van der Waals surface area contributed by atoms with E-state index in [2.05, 4.69) is 14.9 Å². The highest BCUT2D eigenvalue weighted by molar-refractivity contribution is 7.89. The molecule has 11 heteroatoms. The maximum absolute atomic E-state index is 12.5. The van der Waals surface area contributed by atoms with Gasteiger partial charge in [-0.25, -0.2) is 23.1 Å². The van der Waals surface area contributed by atoms with Gasteiger partial charge in [0, 0.05) is 36.8 Å². The van der Waals surface area contributed by atoms with Crippen molar-refractivity contribution in [3.63, 3.8) is 0 Å². The first-order valence-electron chi connectivity index (χ1n) is 11.4. The van der Waals surface area contributed by atoms with E-state index in [4.69, 9.17) is 28.3 Å². The molecule has 0 atom stereocenters. The second kappa shape index (κ2) is 9.73. The molecule has 0 N–H and O–H groups in total. The Morgan fingerprint density at radius 3 is 2.31 bits per heavy atom. The third kappa shape index (κ3) is 4.61. The zero-order valence-corrected chi connectivity index (χ0v) is 21.4. The van der Waals surface area contributed by atoms with Crippen molar-refractivity contribution in [2.75, 3.05) is 36.8 Å². The molecule has 0 unspecified atom stereocenters. The van der Waals surface area contributed by atoms with Crippen LogP contribution >= 0.6 is 23.2 Å². The molecule has 8 nitrogen and oxygen atoms in total. The maximum atomic E-state index is 12.5. The molecule has 0 amide bonds. The number of sulfonamides is 1. The van der Waals surface area contributed by atoms with Crippen LogP contribution in [0.5, 0.6) is 0 Å². The predicted molar refractivity (Wildman–Crippen MR) is 140 cm³/mol. The Kier molecular flexibility index (Phi) is 6.67. The highest BCUT2D eigenvalue weighted by Gasteiger charge is 2.29. The molecule has 2 aromatic heterocycles. The van der Waals surface area contributed by atoms with Crippen LogP contribution in [0.3, 0.4) is 0 Å². The van der Waals surface area contributed by atoms with Crippen LogP contribution in [-0.2, 0) is 10.0 Å². The number of nitrogens with zero attached hydrogens (tertiary/aromatic N) is 6. The van der Waals surface area contributed by atoms with E-state index < -0.39 is 10.0 Å². The zero-order valence-electron chi connectivity index (χ0n) is 19.1. The SMILES string of the molecule is CCCS(=O)(=O)N1CCN(c2ncnc3c(-c4ccc(Cl)cc4)n(-c4ccccc4Cl)nc23)CC1. The molecule has 0 bridgehead atoms. The number of anilines is 1. The van der Waals surface area contributed by atoms with Gasteiger partial charge in [-0.3, -0.25) is 0 Å². The number of hydrogen-bond acceptors (Lipinski definition) is 6. The lowest BCUT2D eigenvalue weighted by Gasteiger charge is -2.34. The summed E-state index contributed by atoms with van der Waals surface area (Å²) in [5, 5.41) is 6.10. The van der Waals surface area contributed by atoms with E-state index >= 15 is 0 Å². The van der Waals surface area contributed by atoms with Crippen molar-refractivity contribution in [1.82, 2.24) is 24.1 Å². The van der Waals surface area contributed by atoms with Crippen LogP contribution in [0.1, 0.15) is 13.3 Å². The van der Waals surface area contributed by atoms with Crippen molar-refractivity contribution in [2.24, 2.45) is 0 Å². The minimum Gasteiger partial charge on any atom is -0.352 e. The molecule has 0 saturated carbocycles. The molecule has 2 aromatic carbocycles. The van der Waals surface area contributed by atoms with Gasteiger partial charge in [0.15, 0.2) is 11.3 Å². The van der Waals surface area contributed by atoms with Crippen molar-refractivity contribution in [3.05, 3.63) is 64.9 Å². The number of hydrogen-bond donors (Lipinski definition) is 0. The number of para-hydroxylation sites is 1. The van der Waals surface area contributed by atoms with Gasteiger partial charge in [0.2, 0.25) is 10.0 Å². The average Bonchev–Trinajstić information content (AvgIpc) is 3.24. The minimum absolute atomic E-state index is 0.164. The number of aromatic nitrogens is 4. The van der Waals surface area contributed by atoms with Crippen molar-refractivity contribution in [2.45, 2.75) is 13.3 Å². The molecular formula is C24H24Cl2N6O2S. The second-order valence-electron chi connectivity index (χ2n) is 8.32. The number of halogens is 2. The van der Waals surface area contributed by atoms with Gasteiger partial charge in [-0.1, -0.05) is 54.4 Å². The molecule has 1 saturated heterocycles. The van der Waals surface area contributed by atoms with Crippen molar-refractivity contribution >= 4 is 50.1 Å². The summed E-state index contributed by atoms with van der Waals surface area (Å²) in [5.41, 5.74) is 3.69. The van der Waals surface area contributed by atoms with Gasteiger partial charge < -0.3 is 4.90 Å². The van der Waals surface area contributed by atoms with Crippen LogP contribution in [0.15, 0.2) is 54.9 Å². The smallest absolute Gasteiger partial charge is 0.214 e. The van der Waals surface area contributed by atoms with Crippen molar-refractivity contribution in [3.8, 4) is 16.9 Å². The van der Waals surface area contributed by atoms with Crippen LogP contribution in [0, 0.1) is 0 Å². The number of benzene rings is 2. The molecule has 0 radical (unpaired) electrons. The lowest BCUT2D eigenvalue weighted by atomic mass is 10.1. The summed E-state index contributed by atoms with van der Waals surface area (Å²) >= 11 is 12.7. The monoisotopic (exact) mass is 530 g/mol. The summed E-state index contributed by atoms with van der Waals surface area (Å²) in [6, 6.07) is 15.0. The van der Waals surface area contributed by atoms with Gasteiger partial charge in [0.25, 0.3) is 0 Å². The summed E-state index contributed by atoms with van der Waals surface area (Å²) < 4.78 is 28.4. The fourth-order valence-electron chi connectivity index (χ4n) is 4.35. The Hall–Kier alpha value is -2.72. The normalized spacial score (nSPS) is 15.1. The zero-order chi connectivity index (χ0) is 24.6. The standard InChI is InChI=1S/C24H24Cl2N6O2S/c1-2-15-35(33,34)31-13-11-30(12-14-31)24-22-21(27-16-28-24)23(17-7-9-18(25)10-8-17)32(29-22)20-6-4-3-5-19(20)26/h3-10,16H,2,11-15H2,1H3. The van der Waals surface area contributed by atoms with Crippen LogP contribution in [0.4, 0.5) is 5.82 Å². The van der Waals surface area contributed by atoms with Gasteiger partial charge in [-0.05, 0) is 30.7 Å². The first kappa shape index (κ1) is 24.0. The Morgan fingerprint density at radius 2 is 1.63 bits per heavy atom. The van der Waals surface area contributed by atoms with E-state index in [1.54, 1.807) is 8.99 Å². The molecule has 1 fully saturated rings. The third-order valence-electron chi connectivity index (χ3n) is 6.03. The van der Waals surface area contributed by atoms with Gasteiger partial charge in [-0.2, -0.15) is 9.40 Å². The molecular weight excluding hydrogens is 507 g/mol. The van der Waals surface area contributed by atoms with Gasteiger partial charge in [0.1, 0.15) is 17.5 Å². The Morgan fingerprint density at radius 1 is 0.914 bits per heavy atom. The number of fused-ring (bicyclic) bond motifs is 1. The largest absolute Gasteiger partial charge is 0.352 e. The van der Waals surface area contributed by atoms with E-state index in [1.807, 2.05) is 55.5 Å². The molecule has 0 spiro atoms. The van der Waals surface area contributed by atoms with E-state index in [0.717, 1.165) is 16.9 Å². The van der Waals surface area contributed by atoms with E-state index in [1.165, 1.54) is 6.33 Å². The summed E-state index contributed by atoms with van der Waals surface area (Å²) in [7, 11) is -3.24. The van der Waals surface area contributed by atoms with Gasteiger partial charge >= 0.3 is 0 Å². The van der Waals surface area contributed by atoms with Crippen LogP contribution < -0.4 is 4.90 Å². The molecule has 182 valence electrons. The molecule has 0 aliphatic carbocycles. The topological polar surface area (TPSA) is 84.2 Å². The summed E-state index contributed by atoms with van der Waals surface area (Å²) in [6.07, 6.45) is 2.12. The lowest BCUT2D eigenvalue weighted by molar-refractivity contribution is 0.384. The molecule has 1 aliphatic heterocycles. The summed E-state index contributed by atoms with van der Waals surface area (Å²) in [4.78, 5) is 11.2. The first-order chi connectivity index (χ1) is 16.9. The Bertz CT molecular complexity index is 1470. The highest BCUT2D eigenvalue weighted by atomic mass is 35.5. The Labute approximate surface area is 214 Å². The van der Waals surface area contributed by atoms with Crippen LogP contribution in [0.25, 0.3) is 28.0 Å². The second-order valence-corrected chi connectivity index (χ2v) is 11.2. The lowest BCUT2D eigenvalue weighted by Crippen LogP contribution is -2.49. The van der Waals surface area contributed by atoms with Gasteiger partial charge in [0.05, 0.1) is 16.5 Å². The van der Waals surface area contributed by atoms with E-state index in [9.17, 15) is 8.42 Å². The molecule has 5 rings (SSSR count). The minimum atomic E-state index is -3.24. The van der Waals surface area contributed by atoms with Crippen molar-refractivity contribution in [1.29, 1.82) is 0 Å². The van der Waals surface area contributed by atoms with E-state index in [0.29, 0.717) is 59.5 Å². The highest BCUT2D eigenvalue weighted by Crippen LogP contribution is 2.35. The van der Waals surface area contributed by atoms with Crippen LogP contribution in [-0.4, -0.2) is 64.4 Å². The van der Waals surface area contributed by atoms with Crippen LogP contribution in [0.2, 0.25) is 10.0 Å². The Balaban J connectivity index is 1.60. The van der Waals surface area contributed by atoms with E-state index in [-0.39, 0.29) is 5.75 Å². The third-order valence-corrected chi connectivity index (χ3v) is 8.68. The number of piperazine rings is 1. The maximum Gasteiger partial charge on any atom is 0.214 e. The van der Waals surface area contributed by atoms with Crippen molar-refractivity contribution < 1.29 is 8.42 Å². The fraction of sp³-hybridized carbons (Fsp3) is 0.292. The molecule has 1 aliphatic rings.